The van der Waals surface area contributed by atoms with Gasteiger partial charge in [0, 0.05) is 9.50 Å². The van der Waals surface area contributed by atoms with Gasteiger partial charge in [0.2, 0.25) is 0 Å². The van der Waals surface area contributed by atoms with Crippen LogP contribution in [0, 0.1) is 5.92 Å². The molecule has 0 saturated heterocycles. The van der Waals surface area contributed by atoms with E-state index in [0.717, 1.165) is 5.56 Å². The van der Waals surface area contributed by atoms with E-state index in [9.17, 15) is 9.18 Å². The number of alkyl halides is 1. The van der Waals surface area contributed by atoms with Crippen molar-refractivity contribution in [1.29, 1.82) is 0 Å². The largest absolute Gasteiger partial charge is 0.457 e. The van der Waals surface area contributed by atoms with Gasteiger partial charge in [-0.15, -0.1) is 0 Å². The van der Waals surface area contributed by atoms with E-state index in [1.807, 2.05) is 52.9 Å². The summed E-state index contributed by atoms with van der Waals surface area (Å²) in [5, 5.41) is 0. The van der Waals surface area contributed by atoms with Crippen molar-refractivity contribution in [2.45, 2.75) is 19.7 Å². The summed E-state index contributed by atoms with van der Waals surface area (Å²) < 4.78 is 19.3. The minimum absolute atomic E-state index is 0.231. The third-order valence-electron chi connectivity index (χ3n) is 2.93. The van der Waals surface area contributed by atoms with E-state index in [4.69, 9.17) is 4.74 Å². The SMILES string of the molecule is CC1C=C(C(=O)OCc2ccccc2)C(I)=CC1F. The van der Waals surface area contributed by atoms with Gasteiger partial charge < -0.3 is 4.74 Å². The quantitative estimate of drug-likeness (QED) is 0.593. The number of benzene rings is 1. The van der Waals surface area contributed by atoms with Gasteiger partial charge >= 0.3 is 5.97 Å². The van der Waals surface area contributed by atoms with Crippen LogP contribution >= 0.6 is 22.6 Å². The van der Waals surface area contributed by atoms with Gasteiger partial charge in [-0.25, -0.2) is 9.18 Å². The predicted octanol–water partition coefficient (Wildman–Crippen LogP) is 3.96. The van der Waals surface area contributed by atoms with Gasteiger partial charge in [0.05, 0.1) is 5.57 Å². The Balaban J connectivity index is 2.01. The molecule has 0 amide bonds. The molecule has 2 rings (SSSR count). The third kappa shape index (κ3) is 3.65. The van der Waals surface area contributed by atoms with Crippen molar-refractivity contribution >= 4 is 28.6 Å². The van der Waals surface area contributed by atoms with E-state index in [1.165, 1.54) is 6.08 Å². The number of hydrogen-bond acceptors (Lipinski definition) is 2. The van der Waals surface area contributed by atoms with Crippen molar-refractivity contribution in [1.82, 2.24) is 0 Å². The van der Waals surface area contributed by atoms with Crippen molar-refractivity contribution in [3.63, 3.8) is 0 Å². The highest BCUT2D eigenvalue weighted by molar-refractivity contribution is 14.1. The van der Waals surface area contributed by atoms with Gasteiger partial charge in [0.1, 0.15) is 12.8 Å². The standard InChI is InChI=1S/C15H14FIO2/c1-10-7-12(14(17)8-13(10)16)15(18)19-9-11-5-3-2-4-6-11/h2-8,10,13H,9H2,1H3. The summed E-state index contributed by atoms with van der Waals surface area (Å²) >= 11 is 1.97. The van der Waals surface area contributed by atoms with Crippen molar-refractivity contribution in [2.75, 3.05) is 0 Å². The molecule has 2 nitrogen and oxygen atoms in total. The minimum Gasteiger partial charge on any atom is -0.457 e. The molecule has 0 N–H and O–H groups in total. The molecule has 2 atom stereocenters. The molecule has 1 aliphatic rings. The van der Waals surface area contributed by atoms with Crippen molar-refractivity contribution in [2.24, 2.45) is 5.92 Å². The molecule has 0 heterocycles. The second kappa shape index (κ2) is 6.32. The van der Waals surface area contributed by atoms with Crippen LogP contribution < -0.4 is 0 Å². The zero-order valence-electron chi connectivity index (χ0n) is 10.5. The maximum atomic E-state index is 13.4. The molecule has 0 aromatic heterocycles. The zero-order valence-corrected chi connectivity index (χ0v) is 12.6. The summed E-state index contributed by atoms with van der Waals surface area (Å²) in [5.74, 6) is -0.693. The fourth-order valence-electron chi connectivity index (χ4n) is 1.78. The number of ether oxygens (including phenoxy) is 1. The molecular formula is C15H14FIO2. The first kappa shape index (κ1) is 14.2. The highest BCUT2D eigenvalue weighted by Crippen LogP contribution is 2.30. The zero-order chi connectivity index (χ0) is 13.8. The van der Waals surface area contributed by atoms with Gasteiger partial charge in [-0.3, -0.25) is 0 Å². The molecule has 100 valence electrons. The average Bonchev–Trinajstić information content (AvgIpc) is 2.41. The van der Waals surface area contributed by atoms with E-state index in [2.05, 4.69) is 0 Å². The Morgan fingerprint density at radius 2 is 2.00 bits per heavy atom. The van der Waals surface area contributed by atoms with E-state index >= 15 is 0 Å². The topological polar surface area (TPSA) is 26.3 Å². The summed E-state index contributed by atoms with van der Waals surface area (Å²) in [7, 11) is 0. The van der Waals surface area contributed by atoms with Crippen LogP contribution in [0.3, 0.4) is 0 Å². The lowest BCUT2D eigenvalue weighted by atomic mass is 9.96. The lowest BCUT2D eigenvalue weighted by Crippen LogP contribution is -2.18. The Morgan fingerprint density at radius 1 is 1.32 bits per heavy atom. The van der Waals surface area contributed by atoms with Crippen LogP contribution in [0.5, 0.6) is 0 Å². The summed E-state index contributed by atoms with van der Waals surface area (Å²) in [6.45, 7) is 1.98. The van der Waals surface area contributed by atoms with Crippen LogP contribution in [0.15, 0.2) is 51.6 Å². The molecule has 0 bridgehead atoms. The Hall–Kier alpha value is -1.17. The number of carbonyl (C=O) groups is 1. The second-order valence-electron chi connectivity index (χ2n) is 4.46. The highest BCUT2D eigenvalue weighted by Gasteiger charge is 2.24. The van der Waals surface area contributed by atoms with Crippen LogP contribution in [-0.2, 0) is 16.1 Å². The minimum atomic E-state index is -1.03. The summed E-state index contributed by atoms with van der Waals surface area (Å²) in [6.07, 6.45) is 2.07. The fourth-order valence-corrected chi connectivity index (χ4v) is 2.53. The maximum absolute atomic E-state index is 13.4. The smallest absolute Gasteiger partial charge is 0.339 e. The van der Waals surface area contributed by atoms with Gasteiger partial charge in [-0.1, -0.05) is 43.3 Å². The van der Waals surface area contributed by atoms with Crippen LogP contribution in [0.25, 0.3) is 0 Å². The monoisotopic (exact) mass is 372 g/mol. The summed E-state index contributed by atoms with van der Waals surface area (Å²) in [4.78, 5) is 12.0. The number of rotatable bonds is 3. The second-order valence-corrected chi connectivity index (χ2v) is 5.62. The van der Waals surface area contributed by atoms with E-state index in [0.29, 0.717) is 9.15 Å². The number of halogens is 2. The first-order chi connectivity index (χ1) is 9.08. The highest BCUT2D eigenvalue weighted by atomic mass is 127. The molecule has 1 aromatic rings. The molecule has 0 radical (unpaired) electrons. The fraction of sp³-hybridized carbons (Fsp3) is 0.267. The van der Waals surface area contributed by atoms with Gasteiger partial charge in [-0.2, -0.15) is 0 Å². The van der Waals surface area contributed by atoms with E-state index in [-0.39, 0.29) is 12.5 Å². The molecule has 0 aliphatic heterocycles. The number of hydrogen-bond donors (Lipinski definition) is 0. The summed E-state index contributed by atoms with van der Waals surface area (Å²) in [5.41, 5.74) is 1.39. The van der Waals surface area contributed by atoms with Gasteiger partial charge in [-0.05, 0) is 34.2 Å². The number of allylic oxidation sites excluding steroid dienone is 2. The third-order valence-corrected chi connectivity index (χ3v) is 3.87. The maximum Gasteiger partial charge on any atom is 0.339 e. The molecule has 1 aliphatic carbocycles. The van der Waals surface area contributed by atoms with E-state index < -0.39 is 12.1 Å². The molecule has 19 heavy (non-hydrogen) atoms. The average molecular weight is 372 g/mol. The van der Waals surface area contributed by atoms with Crippen molar-refractivity contribution in [3.8, 4) is 0 Å². The molecule has 0 saturated carbocycles. The molecule has 1 aromatic carbocycles. The molecular weight excluding hydrogens is 358 g/mol. The molecule has 2 unspecified atom stereocenters. The Kier molecular flexibility index (Phi) is 4.74. The predicted molar refractivity (Wildman–Crippen MR) is 80.5 cm³/mol. The Morgan fingerprint density at radius 3 is 2.68 bits per heavy atom. The van der Waals surface area contributed by atoms with Gasteiger partial charge in [0.15, 0.2) is 0 Å². The molecule has 0 fully saturated rings. The normalized spacial score (nSPS) is 22.5. The Bertz CT molecular complexity index is 522. The van der Waals surface area contributed by atoms with Crippen molar-refractivity contribution in [3.05, 3.63) is 57.2 Å². The summed E-state index contributed by atoms with van der Waals surface area (Å²) in [6, 6.07) is 9.47. The van der Waals surface area contributed by atoms with Crippen LogP contribution in [0.1, 0.15) is 12.5 Å². The number of carbonyl (C=O) groups excluding carboxylic acids is 1. The van der Waals surface area contributed by atoms with Crippen molar-refractivity contribution < 1.29 is 13.9 Å². The molecule has 0 spiro atoms. The van der Waals surface area contributed by atoms with Crippen LogP contribution in [-0.4, -0.2) is 12.1 Å². The molecule has 4 heteroatoms. The Labute approximate surface area is 125 Å². The first-order valence-electron chi connectivity index (χ1n) is 6.02. The first-order valence-corrected chi connectivity index (χ1v) is 7.10. The van der Waals surface area contributed by atoms with Gasteiger partial charge in [0.25, 0.3) is 0 Å². The van der Waals surface area contributed by atoms with E-state index in [1.54, 1.807) is 13.0 Å². The number of esters is 1. The van der Waals surface area contributed by atoms with Crippen LogP contribution in [0.2, 0.25) is 0 Å². The lowest BCUT2D eigenvalue weighted by Gasteiger charge is -2.18. The lowest BCUT2D eigenvalue weighted by molar-refractivity contribution is -0.140. The van der Waals surface area contributed by atoms with Crippen LogP contribution in [0.4, 0.5) is 4.39 Å².